The van der Waals surface area contributed by atoms with Crippen LogP contribution in [0.25, 0.3) is 0 Å². The lowest BCUT2D eigenvalue weighted by atomic mass is 10.2. The smallest absolute Gasteiger partial charge is 0.313 e. The highest BCUT2D eigenvalue weighted by Gasteiger charge is 2.25. The molecule has 1 unspecified atom stereocenters. The van der Waals surface area contributed by atoms with Crippen LogP contribution in [0.15, 0.2) is 30.3 Å². The highest BCUT2D eigenvalue weighted by atomic mass is 16.5. The largest absolute Gasteiger partial charge is 0.461 e. The number of hydrogen-bond acceptors (Lipinski definition) is 4. The Hall–Kier alpha value is -1.68. The summed E-state index contributed by atoms with van der Waals surface area (Å²) < 4.78 is 5.29. The van der Waals surface area contributed by atoms with Gasteiger partial charge in [-0.15, -0.1) is 0 Å². The predicted molar refractivity (Wildman–Crippen MR) is 71.5 cm³/mol. The molecule has 0 aromatic heterocycles. The topological polar surface area (TPSA) is 46.6 Å². The number of nitrogens with zero attached hydrogens (tertiary/aromatic N) is 1. The Balaban J connectivity index is 1.77. The molecule has 1 aromatic rings. The van der Waals surface area contributed by atoms with E-state index in [2.05, 4.69) is 17.0 Å². The van der Waals surface area contributed by atoms with Crippen molar-refractivity contribution in [1.29, 1.82) is 0 Å². The first-order valence-corrected chi connectivity index (χ1v) is 6.58. The van der Waals surface area contributed by atoms with Crippen molar-refractivity contribution < 1.29 is 14.3 Å². The van der Waals surface area contributed by atoms with E-state index in [0.717, 1.165) is 26.1 Å². The third-order valence-electron chi connectivity index (χ3n) is 3.17. The van der Waals surface area contributed by atoms with Gasteiger partial charge in [0.1, 0.15) is 18.3 Å². The number of carbonyl (C=O) groups excluding carboxylic acids is 2. The van der Waals surface area contributed by atoms with Crippen LogP contribution in [-0.2, 0) is 20.9 Å². The molecule has 4 heteroatoms. The molecule has 0 bridgehead atoms. The van der Waals surface area contributed by atoms with Crippen LogP contribution in [-0.4, -0.2) is 35.8 Å². The molecule has 2 rings (SSSR count). The molecular formula is C15H19NO3. The quantitative estimate of drug-likeness (QED) is 0.599. The van der Waals surface area contributed by atoms with E-state index in [1.807, 2.05) is 18.2 Å². The minimum absolute atomic E-state index is 0.0736. The number of esters is 1. The Labute approximate surface area is 113 Å². The van der Waals surface area contributed by atoms with Gasteiger partial charge >= 0.3 is 5.97 Å². The van der Waals surface area contributed by atoms with Gasteiger partial charge in [-0.2, -0.15) is 0 Å². The summed E-state index contributed by atoms with van der Waals surface area (Å²) in [6.07, 6.45) is 0.654. The zero-order valence-electron chi connectivity index (χ0n) is 11.2. The first-order valence-electron chi connectivity index (χ1n) is 6.58. The van der Waals surface area contributed by atoms with Crippen molar-refractivity contribution in [3.63, 3.8) is 0 Å². The molecular weight excluding hydrogens is 242 g/mol. The normalized spacial score (nSPS) is 19.3. The second-order valence-corrected chi connectivity index (χ2v) is 5.00. The molecule has 19 heavy (non-hydrogen) atoms. The van der Waals surface area contributed by atoms with Gasteiger partial charge in [-0.25, -0.2) is 0 Å². The number of likely N-dealkylation sites (tertiary alicyclic amines) is 1. The molecule has 102 valence electrons. The number of rotatable bonds is 5. The van der Waals surface area contributed by atoms with Crippen LogP contribution in [0.4, 0.5) is 0 Å². The van der Waals surface area contributed by atoms with Gasteiger partial charge in [0.25, 0.3) is 0 Å². The van der Waals surface area contributed by atoms with E-state index in [9.17, 15) is 9.59 Å². The Morgan fingerprint density at radius 1 is 1.32 bits per heavy atom. The number of hydrogen-bond donors (Lipinski definition) is 0. The van der Waals surface area contributed by atoms with Crippen LogP contribution in [0.1, 0.15) is 25.3 Å². The highest BCUT2D eigenvalue weighted by molar-refractivity contribution is 5.94. The highest BCUT2D eigenvalue weighted by Crippen LogP contribution is 2.16. The van der Waals surface area contributed by atoms with Crippen molar-refractivity contribution in [2.45, 2.75) is 32.4 Å². The molecule has 1 atom stereocenters. The first-order chi connectivity index (χ1) is 9.13. The van der Waals surface area contributed by atoms with E-state index in [1.54, 1.807) is 0 Å². The minimum atomic E-state index is -0.404. The summed E-state index contributed by atoms with van der Waals surface area (Å²) in [7, 11) is 0. The number of ether oxygens (including phenoxy) is 1. The van der Waals surface area contributed by atoms with Gasteiger partial charge in [-0.3, -0.25) is 14.5 Å². The van der Waals surface area contributed by atoms with Crippen molar-refractivity contribution in [2.75, 3.05) is 13.1 Å². The standard InChI is InChI=1S/C15H19NO3/c1-12(17)9-15(18)19-14-7-8-16(11-14)10-13-5-3-2-4-6-13/h2-6,14H,7-11H2,1H3. The molecule has 0 spiro atoms. The molecule has 0 radical (unpaired) electrons. The van der Waals surface area contributed by atoms with E-state index in [1.165, 1.54) is 12.5 Å². The summed E-state index contributed by atoms with van der Waals surface area (Å²) in [5.74, 6) is -0.553. The Morgan fingerprint density at radius 3 is 2.74 bits per heavy atom. The van der Waals surface area contributed by atoms with Gasteiger partial charge in [-0.1, -0.05) is 30.3 Å². The summed E-state index contributed by atoms with van der Waals surface area (Å²) in [6, 6.07) is 10.2. The van der Waals surface area contributed by atoms with Crippen LogP contribution in [0.2, 0.25) is 0 Å². The second-order valence-electron chi connectivity index (χ2n) is 5.00. The van der Waals surface area contributed by atoms with Crippen molar-refractivity contribution >= 4 is 11.8 Å². The SMILES string of the molecule is CC(=O)CC(=O)OC1CCN(Cc2ccccc2)C1. The van der Waals surface area contributed by atoms with Gasteiger partial charge < -0.3 is 4.74 Å². The molecule has 1 aromatic carbocycles. The lowest BCUT2D eigenvalue weighted by Crippen LogP contribution is -2.25. The zero-order chi connectivity index (χ0) is 13.7. The van der Waals surface area contributed by atoms with E-state index >= 15 is 0 Å². The first kappa shape index (κ1) is 13.7. The average Bonchev–Trinajstić information content (AvgIpc) is 2.76. The Morgan fingerprint density at radius 2 is 2.05 bits per heavy atom. The van der Waals surface area contributed by atoms with Crippen molar-refractivity contribution in [3.05, 3.63) is 35.9 Å². The zero-order valence-corrected chi connectivity index (χ0v) is 11.2. The van der Waals surface area contributed by atoms with E-state index in [4.69, 9.17) is 4.74 Å². The molecule has 1 aliphatic rings. The lowest BCUT2D eigenvalue weighted by Gasteiger charge is -2.16. The third kappa shape index (κ3) is 4.48. The Bertz CT molecular complexity index is 444. The maximum Gasteiger partial charge on any atom is 0.313 e. The molecule has 0 amide bonds. The molecule has 0 N–H and O–H groups in total. The van der Waals surface area contributed by atoms with Gasteiger partial charge in [0.05, 0.1) is 0 Å². The third-order valence-corrected chi connectivity index (χ3v) is 3.17. The second kappa shape index (κ2) is 6.48. The number of Topliss-reactive ketones (excluding diaryl/α,β-unsaturated/α-hetero) is 1. The number of carbonyl (C=O) groups is 2. The van der Waals surface area contributed by atoms with Crippen molar-refractivity contribution in [2.24, 2.45) is 0 Å². The van der Waals surface area contributed by atoms with Gasteiger partial charge in [0, 0.05) is 19.6 Å². The number of benzene rings is 1. The molecule has 1 fully saturated rings. The summed E-state index contributed by atoms with van der Waals surface area (Å²) in [5, 5.41) is 0. The van der Waals surface area contributed by atoms with Gasteiger partial charge in [-0.05, 0) is 18.9 Å². The summed E-state index contributed by atoms with van der Waals surface area (Å²) >= 11 is 0. The summed E-state index contributed by atoms with van der Waals surface area (Å²) in [4.78, 5) is 24.5. The van der Waals surface area contributed by atoms with Crippen LogP contribution in [0.5, 0.6) is 0 Å². The van der Waals surface area contributed by atoms with Gasteiger partial charge in [0.15, 0.2) is 0 Å². The Kier molecular flexibility index (Phi) is 4.68. The minimum Gasteiger partial charge on any atom is -0.461 e. The fraction of sp³-hybridized carbons (Fsp3) is 0.467. The van der Waals surface area contributed by atoms with Crippen LogP contribution >= 0.6 is 0 Å². The van der Waals surface area contributed by atoms with E-state index in [-0.39, 0.29) is 18.3 Å². The number of ketones is 1. The van der Waals surface area contributed by atoms with E-state index in [0.29, 0.717) is 0 Å². The maximum absolute atomic E-state index is 11.4. The lowest BCUT2D eigenvalue weighted by molar-refractivity contribution is -0.150. The van der Waals surface area contributed by atoms with Crippen LogP contribution < -0.4 is 0 Å². The average molecular weight is 261 g/mol. The van der Waals surface area contributed by atoms with Crippen LogP contribution in [0, 0.1) is 0 Å². The predicted octanol–water partition coefficient (Wildman–Crippen LogP) is 1.78. The molecule has 0 aliphatic carbocycles. The summed E-state index contributed by atoms with van der Waals surface area (Å²) in [5.41, 5.74) is 1.26. The maximum atomic E-state index is 11.4. The fourth-order valence-corrected chi connectivity index (χ4v) is 2.31. The van der Waals surface area contributed by atoms with Crippen LogP contribution in [0.3, 0.4) is 0 Å². The molecule has 4 nitrogen and oxygen atoms in total. The molecule has 1 saturated heterocycles. The van der Waals surface area contributed by atoms with Gasteiger partial charge in [0.2, 0.25) is 0 Å². The monoisotopic (exact) mass is 261 g/mol. The molecule has 1 aliphatic heterocycles. The molecule has 0 saturated carbocycles. The fourth-order valence-electron chi connectivity index (χ4n) is 2.31. The van der Waals surface area contributed by atoms with Crippen molar-refractivity contribution in [3.8, 4) is 0 Å². The van der Waals surface area contributed by atoms with E-state index < -0.39 is 5.97 Å². The summed E-state index contributed by atoms with van der Waals surface area (Å²) in [6.45, 7) is 3.95. The molecule has 1 heterocycles. The van der Waals surface area contributed by atoms with Crippen molar-refractivity contribution in [1.82, 2.24) is 4.90 Å².